The maximum Gasteiger partial charge on any atom is 0.291 e. The molecule has 0 saturated carbocycles. The molecule has 0 unspecified atom stereocenters. The number of nitrogens with one attached hydrogen (secondary N) is 1. The zero-order chi connectivity index (χ0) is 21.1. The van der Waals surface area contributed by atoms with Crippen LogP contribution in [0.25, 0.3) is 11.3 Å². The van der Waals surface area contributed by atoms with Crippen molar-refractivity contribution in [2.75, 3.05) is 30.4 Å². The third kappa shape index (κ3) is 4.46. The monoisotopic (exact) mass is 407 g/mol. The van der Waals surface area contributed by atoms with Crippen LogP contribution in [0, 0.1) is 0 Å². The number of furan rings is 1. The Kier molecular flexibility index (Phi) is 5.72. The molecule has 0 aliphatic carbocycles. The molecule has 0 radical (unpaired) electrons. The minimum absolute atomic E-state index is 0.161. The first-order chi connectivity index (χ1) is 14.5. The predicted octanol–water partition coefficient (Wildman–Crippen LogP) is 4.22. The number of carbonyl (C=O) groups is 1. The van der Waals surface area contributed by atoms with Crippen LogP contribution in [-0.4, -0.2) is 43.3 Å². The van der Waals surface area contributed by atoms with Crippen molar-refractivity contribution < 1.29 is 18.7 Å². The van der Waals surface area contributed by atoms with E-state index in [-0.39, 0.29) is 23.9 Å². The Morgan fingerprint density at radius 1 is 1.07 bits per heavy atom. The van der Waals surface area contributed by atoms with Crippen molar-refractivity contribution in [3.05, 3.63) is 60.5 Å². The number of methoxy groups -OCH3 is 1. The molecule has 0 spiro atoms. The molecule has 1 saturated heterocycles. The van der Waals surface area contributed by atoms with E-state index < -0.39 is 0 Å². The molecule has 30 heavy (non-hydrogen) atoms. The summed E-state index contributed by atoms with van der Waals surface area (Å²) in [5.41, 5.74) is 1.48. The second-order valence-electron chi connectivity index (χ2n) is 7.41. The maximum atomic E-state index is 12.6. The van der Waals surface area contributed by atoms with Crippen molar-refractivity contribution in [3.63, 3.8) is 0 Å². The molecule has 1 N–H and O–H groups in total. The minimum Gasteiger partial charge on any atom is -0.497 e. The Morgan fingerprint density at radius 2 is 1.80 bits per heavy atom. The van der Waals surface area contributed by atoms with Gasteiger partial charge in [0.25, 0.3) is 5.91 Å². The van der Waals surface area contributed by atoms with Gasteiger partial charge in [-0.15, -0.1) is 0 Å². The van der Waals surface area contributed by atoms with Gasteiger partial charge in [0.2, 0.25) is 0 Å². The smallest absolute Gasteiger partial charge is 0.291 e. The Bertz CT molecular complexity index is 988. The van der Waals surface area contributed by atoms with Crippen LogP contribution in [-0.2, 0) is 4.74 Å². The molecule has 1 aliphatic rings. The van der Waals surface area contributed by atoms with Crippen LogP contribution in [0.4, 0.5) is 11.5 Å². The number of benzene rings is 1. The minimum atomic E-state index is -0.321. The SMILES string of the molecule is COc1ccc(-c2ccc(C(=O)Nc3ccc(N4C[C@@H](C)O[C@@H](C)C4)nc3)o2)cc1. The average Bonchev–Trinajstić information content (AvgIpc) is 3.24. The lowest BCUT2D eigenvalue weighted by Gasteiger charge is -2.36. The van der Waals surface area contributed by atoms with Gasteiger partial charge in [-0.3, -0.25) is 4.79 Å². The third-order valence-electron chi connectivity index (χ3n) is 4.95. The molecule has 2 atom stereocenters. The molecule has 7 nitrogen and oxygen atoms in total. The van der Waals surface area contributed by atoms with E-state index in [0.29, 0.717) is 11.4 Å². The van der Waals surface area contributed by atoms with E-state index >= 15 is 0 Å². The highest BCUT2D eigenvalue weighted by molar-refractivity contribution is 6.02. The van der Waals surface area contributed by atoms with Crippen molar-refractivity contribution in [3.8, 4) is 17.1 Å². The summed E-state index contributed by atoms with van der Waals surface area (Å²) in [6, 6.07) is 14.7. The summed E-state index contributed by atoms with van der Waals surface area (Å²) >= 11 is 0. The summed E-state index contributed by atoms with van der Waals surface area (Å²) in [6.45, 7) is 5.70. The van der Waals surface area contributed by atoms with Crippen LogP contribution in [0.2, 0.25) is 0 Å². The molecule has 3 aromatic rings. The Hall–Kier alpha value is -3.32. The number of carbonyl (C=O) groups excluding carboxylic acids is 1. The van der Waals surface area contributed by atoms with Gasteiger partial charge in [0, 0.05) is 18.7 Å². The van der Waals surface area contributed by atoms with E-state index in [1.165, 1.54) is 0 Å². The van der Waals surface area contributed by atoms with E-state index in [1.54, 1.807) is 25.4 Å². The molecular formula is C23H25N3O4. The largest absolute Gasteiger partial charge is 0.497 e. The lowest BCUT2D eigenvalue weighted by Crippen LogP contribution is -2.45. The van der Waals surface area contributed by atoms with Gasteiger partial charge in [-0.1, -0.05) is 0 Å². The quantitative estimate of drug-likeness (QED) is 0.683. The Balaban J connectivity index is 1.41. The van der Waals surface area contributed by atoms with Gasteiger partial charge < -0.3 is 24.1 Å². The van der Waals surface area contributed by atoms with E-state index in [4.69, 9.17) is 13.9 Å². The van der Waals surface area contributed by atoms with E-state index in [9.17, 15) is 4.79 Å². The molecule has 4 rings (SSSR count). The maximum absolute atomic E-state index is 12.6. The van der Waals surface area contributed by atoms with Crippen LogP contribution in [0.1, 0.15) is 24.4 Å². The molecular weight excluding hydrogens is 382 g/mol. The lowest BCUT2D eigenvalue weighted by atomic mass is 10.2. The van der Waals surface area contributed by atoms with Gasteiger partial charge in [-0.2, -0.15) is 0 Å². The van der Waals surface area contributed by atoms with Crippen LogP contribution in [0.3, 0.4) is 0 Å². The van der Waals surface area contributed by atoms with Crippen LogP contribution < -0.4 is 15.0 Å². The van der Waals surface area contributed by atoms with E-state index in [2.05, 4.69) is 29.0 Å². The Morgan fingerprint density at radius 3 is 2.43 bits per heavy atom. The second kappa shape index (κ2) is 8.59. The molecule has 7 heteroatoms. The molecule has 1 amide bonds. The first kappa shape index (κ1) is 20.0. The number of pyridine rings is 1. The topological polar surface area (TPSA) is 76.8 Å². The van der Waals surface area contributed by atoms with Crippen LogP contribution >= 0.6 is 0 Å². The molecule has 3 heterocycles. The van der Waals surface area contributed by atoms with Gasteiger partial charge in [0.15, 0.2) is 5.76 Å². The lowest BCUT2D eigenvalue weighted by molar-refractivity contribution is -0.00545. The molecule has 1 aliphatic heterocycles. The highest BCUT2D eigenvalue weighted by atomic mass is 16.5. The van der Waals surface area contributed by atoms with Crippen LogP contribution in [0.15, 0.2) is 59.1 Å². The Labute approximate surface area is 175 Å². The number of amides is 1. The van der Waals surface area contributed by atoms with Gasteiger partial charge in [0.1, 0.15) is 17.3 Å². The van der Waals surface area contributed by atoms with Crippen molar-refractivity contribution >= 4 is 17.4 Å². The average molecular weight is 407 g/mol. The highest BCUT2D eigenvalue weighted by Gasteiger charge is 2.23. The van der Waals surface area contributed by atoms with Gasteiger partial charge in [0.05, 0.1) is 31.2 Å². The summed E-state index contributed by atoms with van der Waals surface area (Å²) < 4.78 is 16.7. The molecule has 2 aromatic heterocycles. The zero-order valence-electron chi connectivity index (χ0n) is 17.3. The number of hydrogen-bond acceptors (Lipinski definition) is 6. The standard InChI is InChI=1S/C23H25N3O4/c1-15-13-26(14-16(2)29-15)22-11-6-18(12-24-22)25-23(27)21-10-9-20(30-21)17-4-7-19(28-3)8-5-17/h4-12,15-16H,13-14H2,1-3H3,(H,25,27)/t15-,16+. The fourth-order valence-electron chi connectivity index (χ4n) is 3.58. The zero-order valence-corrected chi connectivity index (χ0v) is 17.3. The van der Waals surface area contributed by atoms with Crippen molar-refractivity contribution in [1.82, 2.24) is 4.98 Å². The number of anilines is 2. The van der Waals surface area contributed by atoms with Gasteiger partial charge in [-0.25, -0.2) is 4.98 Å². The number of ether oxygens (including phenoxy) is 2. The van der Waals surface area contributed by atoms with E-state index in [1.807, 2.05) is 36.4 Å². The van der Waals surface area contributed by atoms with Crippen LogP contribution in [0.5, 0.6) is 5.75 Å². The normalized spacial score (nSPS) is 18.8. The number of nitrogens with zero attached hydrogens (tertiary/aromatic N) is 2. The second-order valence-corrected chi connectivity index (χ2v) is 7.41. The van der Waals surface area contributed by atoms with E-state index in [0.717, 1.165) is 30.2 Å². The summed E-state index contributed by atoms with van der Waals surface area (Å²) in [5.74, 6) is 2.17. The van der Waals surface area contributed by atoms with Crippen molar-refractivity contribution in [2.24, 2.45) is 0 Å². The molecule has 156 valence electrons. The number of rotatable bonds is 5. The summed E-state index contributed by atoms with van der Waals surface area (Å²) in [7, 11) is 1.62. The number of aromatic nitrogens is 1. The summed E-state index contributed by atoms with van der Waals surface area (Å²) in [4.78, 5) is 19.2. The summed E-state index contributed by atoms with van der Waals surface area (Å²) in [6.07, 6.45) is 1.98. The third-order valence-corrected chi connectivity index (χ3v) is 4.95. The van der Waals surface area contributed by atoms with Gasteiger partial charge in [-0.05, 0) is 62.4 Å². The molecule has 1 fully saturated rings. The fraction of sp³-hybridized carbons (Fsp3) is 0.304. The first-order valence-electron chi connectivity index (χ1n) is 9.94. The van der Waals surface area contributed by atoms with Gasteiger partial charge >= 0.3 is 0 Å². The molecule has 0 bridgehead atoms. The molecule has 1 aromatic carbocycles. The predicted molar refractivity (Wildman–Crippen MR) is 115 cm³/mol. The summed E-state index contributed by atoms with van der Waals surface area (Å²) in [5, 5.41) is 2.83. The van der Waals surface area contributed by atoms with Crippen molar-refractivity contribution in [2.45, 2.75) is 26.1 Å². The fourth-order valence-corrected chi connectivity index (χ4v) is 3.58. The number of morpholine rings is 1. The first-order valence-corrected chi connectivity index (χ1v) is 9.94. The van der Waals surface area contributed by atoms with Crippen molar-refractivity contribution in [1.29, 1.82) is 0 Å². The highest BCUT2D eigenvalue weighted by Crippen LogP contribution is 2.25. The number of hydrogen-bond donors (Lipinski definition) is 1.